The Hall–Kier alpha value is -5.36. The van der Waals surface area contributed by atoms with E-state index in [0.29, 0.717) is 39.6 Å². The molecule has 0 saturated heterocycles. The normalized spacial score (nSPS) is 10.7. The fraction of sp³-hybridized carbons (Fsp3) is 0.143. The van der Waals surface area contributed by atoms with Gasteiger partial charge in [0.05, 0.1) is 0 Å². The maximum atomic E-state index is 6.44. The van der Waals surface area contributed by atoms with Crippen molar-refractivity contribution in [2.45, 2.75) is 0 Å². The van der Waals surface area contributed by atoms with E-state index < -0.39 is 13.9 Å². The number of rotatable bonds is 18. The van der Waals surface area contributed by atoms with Gasteiger partial charge in [0.1, 0.15) is 0 Å². The van der Waals surface area contributed by atoms with Gasteiger partial charge in [-0.2, -0.15) is 0 Å². The van der Waals surface area contributed by atoms with E-state index in [0.717, 1.165) is 47.9 Å². The van der Waals surface area contributed by atoms with Crippen LogP contribution in [0.2, 0.25) is 0 Å². The summed E-state index contributed by atoms with van der Waals surface area (Å²) in [6.07, 6.45) is 0. The second-order valence-electron chi connectivity index (χ2n) is 10.7. The molecule has 0 aromatic heterocycles. The van der Waals surface area contributed by atoms with E-state index in [1.54, 1.807) is 0 Å². The first-order valence-corrected chi connectivity index (χ1v) is 18.9. The van der Waals surface area contributed by atoms with E-state index in [1.165, 1.54) is 0 Å². The Morgan fingerprint density at radius 2 is 0.510 bits per heavy atom. The summed E-state index contributed by atoms with van der Waals surface area (Å²) in [4.78, 5) is 0. The summed E-state index contributed by atoms with van der Waals surface area (Å²) in [5, 5.41) is 0. The van der Waals surface area contributed by atoms with Crippen LogP contribution in [0.25, 0.3) is 0 Å². The minimum absolute atomic E-state index is 0.398. The maximum absolute atomic E-state index is 6.44. The fourth-order valence-electron chi connectivity index (χ4n) is 5.05. The Labute approximate surface area is 292 Å². The average Bonchev–Trinajstić information content (AvgIpc) is 3.17. The zero-order chi connectivity index (χ0) is 33.4. The van der Waals surface area contributed by atoms with Gasteiger partial charge in [-0.1, -0.05) is 0 Å². The average molecular weight is 719 g/mol. The SMILES string of the molecule is c1ccc(OCCOc2ccccc2[Se+](c2ccccc2OCCOc2ccccc2)c2ccccc2OCCOc2ccccc2)cc1. The Kier molecular flexibility index (Phi) is 12.5. The van der Waals surface area contributed by atoms with Crippen LogP contribution in [0.1, 0.15) is 0 Å². The Morgan fingerprint density at radius 3 is 0.816 bits per heavy atom. The standard InChI is InChI=1S/C42H39O6Se/c1-4-16-34(17-5-1)43-28-31-46-37-22-10-13-25-40(37)49(41-26-14-11-23-38(41)47-32-29-44-35-18-6-2-7-19-35)42-27-15-12-24-39(42)48-33-30-45-36-20-8-3-9-21-36/h1-27H,28-33H2/q+1. The monoisotopic (exact) mass is 719 g/mol. The van der Waals surface area contributed by atoms with E-state index in [4.69, 9.17) is 28.4 Å². The molecule has 49 heavy (non-hydrogen) atoms. The van der Waals surface area contributed by atoms with Crippen LogP contribution >= 0.6 is 0 Å². The minimum atomic E-state index is -2.06. The van der Waals surface area contributed by atoms with Crippen molar-refractivity contribution >= 4 is 27.3 Å². The zero-order valence-corrected chi connectivity index (χ0v) is 28.9. The summed E-state index contributed by atoms with van der Waals surface area (Å²) in [6, 6.07) is 54.1. The molecule has 0 saturated carbocycles. The van der Waals surface area contributed by atoms with Gasteiger partial charge in [-0.05, 0) is 0 Å². The van der Waals surface area contributed by atoms with E-state index in [1.807, 2.05) is 127 Å². The molecule has 0 heterocycles. The molecule has 0 fully saturated rings. The quantitative estimate of drug-likeness (QED) is 0.0741. The van der Waals surface area contributed by atoms with E-state index in [-0.39, 0.29) is 0 Å². The molecule has 0 atom stereocenters. The first-order chi connectivity index (χ1) is 24.3. The van der Waals surface area contributed by atoms with Crippen molar-refractivity contribution in [3.05, 3.63) is 164 Å². The van der Waals surface area contributed by atoms with Gasteiger partial charge in [0.2, 0.25) is 0 Å². The van der Waals surface area contributed by atoms with Crippen molar-refractivity contribution < 1.29 is 28.4 Å². The number of hydrogen-bond acceptors (Lipinski definition) is 6. The summed E-state index contributed by atoms with van der Waals surface area (Å²) in [7, 11) is 0. The van der Waals surface area contributed by atoms with Crippen molar-refractivity contribution in [2.24, 2.45) is 0 Å². The molecular formula is C42H39O6Se+. The van der Waals surface area contributed by atoms with E-state index in [2.05, 4.69) is 36.4 Å². The van der Waals surface area contributed by atoms with Crippen molar-refractivity contribution in [3.8, 4) is 34.5 Å². The Morgan fingerprint density at radius 1 is 0.265 bits per heavy atom. The second-order valence-corrected chi connectivity index (χ2v) is 14.7. The summed E-state index contributed by atoms with van der Waals surface area (Å²) in [6.45, 7) is 2.46. The van der Waals surface area contributed by atoms with Crippen LogP contribution in [0.5, 0.6) is 34.5 Å². The molecule has 6 aromatic carbocycles. The molecule has 6 rings (SSSR count). The molecule has 0 N–H and O–H groups in total. The molecule has 0 unspecified atom stereocenters. The van der Waals surface area contributed by atoms with Crippen molar-refractivity contribution in [3.63, 3.8) is 0 Å². The third-order valence-corrected chi connectivity index (χ3v) is 12.2. The molecule has 0 radical (unpaired) electrons. The molecule has 0 amide bonds. The Bertz CT molecular complexity index is 1620. The van der Waals surface area contributed by atoms with Gasteiger partial charge in [0.25, 0.3) is 0 Å². The van der Waals surface area contributed by atoms with Gasteiger partial charge >= 0.3 is 294 Å². The van der Waals surface area contributed by atoms with Crippen molar-refractivity contribution in [1.29, 1.82) is 0 Å². The van der Waals surface area contributed by atoms with Crippen LogP contribution in [0.15, 0.2) is 164 Å². The van der Waals surface area contributed by atoms with Gasteiger partial charge in [-0.15, -0.1) is 0 Å². The van der Waals surface area contributed by atoms with Crippen LogP contribution in [0, 0.1) is 0 Å². The van der Waals surface area contributed by atoms with Gasteiger partial charge in [0, 0.05) is 0 Å². The summed E-state index contributed by atoms with van der Waals surface area (Å²) in [5.74, 6) is 4.89. The number of hydrogen-bond donors (Lipinski definition) is 0. The summed E-state index contributed by atoms with van der Waals surface area (Å²) in [5.41, 5.74) is 0. The fourth-order valence-corrected chi connectivity index (χ4v) is 9.96. The van der Waals surface area contributed by atoms with Gasteiger partial charge in [-0.3, -0.25) is 0 Å². The first-order valence-electron chi connectivity index (χ1n) is 16.3. The number of benzene rings is 6. The number of para-hydroxylation sites is 6. The van der Waals surface area contributed by atoms with Gasteiger partial charge < -0.3 is 0 Å². The molecule has 0 aliphatic rings. The summed E-state index contributed by atoms with van der Waals surface area (Å²) < 4.78 is 40.4. The predicted octanol–water partition coefficient (Wildman–Crippen LogP) is 6.58. The molecule has 0 aliphatic carbocycles. The molecule has 0 spiro atoms. The van der Waals surface area contributed by atoms with Crippen LogP contribution < -0.4 is 41.8 Å². The zero-order valence-electron chi connectivity index (χ0n) is 27.2. The molecule has 248 valence electrons. The third-order valence-electron chi connectivity index (χ3n) is 7.27. The van der Waals surface area contributed by atoms with Gasteiger partial charge in [-0.25, -0.2) is 0 Å². The molecule has 0 bridgehead atoms. The van der Waals surface area contributed by atoms with Crippen LogP contribution in [0.4, 0.5) is 0 Å². The topological polar surface area (TPSA) is 55.4 Å². The Balaban J connectivity index is 1.26. The van der Waals surface area contributed by atoms with Crippen LogP contribution in [-0.4, -0.2) is 53.5 Å². The molecule has 6 nitrogen and oxygen atoms in total. The predicted molar refractivity (Wildman–Crippen MR) is 196 cm³/mol. The van der Waals surface area contributed by atoms with Crippen LogP contribution in [-0.2, 0) is 0 Å². The second kappa shape index (κ2) is 18.3. The molecule has 7 heteroatoms. The number of ether oxygens (including phenoxy) is 6. The molecule has 0 aliphatic heterocycles. The van der Waals surface area contributed by atoms with E-state index >= 15 is 0 Å². The van der Waals surface area contributed by atoms with Crippen molar-refractivity contribution in [1.82, 2.24) is 0 Å². The first kappa shape index (κ1) is 33.5. The van der Waals surface area contributed by atoms with Gasteiger partial charge in [0.15, 0.2) is 0 Å². The van der Waals surface area contributed by atoms with Crippen LogP contribution in [0.3, 0.4) is 0 Å². The van der Waals surface area contributed by atoms with Crippen molar-refractivity contribution in [2.75, 3.05) is 39.6 Å². The van der Waals surface area contributed by atoms with E-state index in [9.17, 15) is 0 Å². The molecule has 6 aromatic rings. The third kappa shape index (κ3) is 9.83. The molecular weight excluding hydrogens is 679 g/mol. The summed E-state index contributed by atoms with van der Waals surface area (Å²) >= 11 is -2.06.